The summed E-state index contributed by atoms with van der Waals surface area (Å²) < 4.78 is 13.8. The zero-order chi connectivity index (χ0) is 13.7. The van der Waals surface area contributed by atoms with Crippen molar-refractivity contribution in [1.82, 2.24) is 5.43 Å². The third kappa shape index (κ3) is 4.16. The minimum Gasteiger partial charge on any atom is -0.271 e. The monoisotopic (exact) mass is 284 g/mol. The van der Waals surface area contributed by atoms with E-state index in [2.05, 4.69) is 5.43 Å². The number of halogens is 2. The maximum Gasteiger partial charge on any atom is 0.126 e. The van der Waals surface area contributed by atoms with Crippen molar-refractivity contribution in [2.24, 2.45) is 11.8 Å². The van der Waals surface area contributed by atoms with E-state index < -0.39 is 0 Å². The Labute approximate surface area is 119 Å². The number of hydrogen-bond donors (Lipinski definition) is 2. The zero-order valence-corrected chi connectivity index (χ0v) is 11.9. The van der Waals surface area contributed by atoms with Gasteiger partial charge in [-0.1, -0.05) is 37.3 Å². The Morgan fingerprint density at radius 3 is 2.58 bits per heavy atom. The predicted octanol–water partition coefficient (Wildman–Crippen LogP) is 3.82. The van der Waals surface area contributed by atoms with Gasteiger partial charge in [0.25, 0.3) is 0 Å². The molecule has 106 valence electrons. The van der Waals surface area contributed by atoms with Gasteiger partial charge < -0.3 is 0 Å². The number of hydrazine groups is 1. The Morgan fingerprint density at radius 2 is 1.95 bits per heavy atom. The highest BCUT2D eigenvalue weighted by Gasteiger charge is 2.23. The lowest BCUT2D eigenvalue weighted by atomic mass is 9.88. The van der Waals surface area contributed by atoms with E-state index >= 15 is 0 Å². The van der Waals surface area contributed by atoms with Crippen LogP contribution in [0.15, 0.2) is 18.2 Å². The van der Waals surface area contributed by atoms with Crippen molar-refractivity contribution in [3.05, 3.63) is 34.6 Å². The molecule has 1 aliphatic carbocycles. The van der Waals surface area contributed by atoms with Crippen LogP contribution < -0.4 is 11.3 Å². The van der Waals surface area contributed by atoms with Crippen LogP contribution in [0, 0.1) is 11.7 Å². The summed E-state index contributed by atoms with van der Waals surface area (Å²) in [6.45, 7) is 0. The molecule has 0 bridgehead atoms. The summed E-state index contributed by atoms with van der Waals surface area (Å²) in [5.41, 5.74) is 3.54. The average molecular weight is 285 g/mol. The Hall–Kier alpha value is -0.640. The molecule has 2 nitrogen and oxygen atoms in total. The third-order valence-corrected chi connectivity index (χ3v) is 4.37. The normalized spacial score (nSPS) is 19.1. The molecule has 0 aliphatic heterocycles. The van der Waals surface area contributed by atoms with Crippen molar-refractivity contribution in [2.75, 3.05) is 0 Å². The standard InChI is InChI=1S/C15H22ClFN2/c16-13-7-8-14(17)12(9-13)10-15(19-18)11-5-3-1-2-4-6-11/h7-9,11,15,19H,1-6,10,18H2. The van der Waals surface area contributed by atoms with Gasteiger partial charge in [0.2, 0.25) is 0 Å². The summed E-state index contributed by atoms with van der Waals surface area (Å²) >= 11 is 5.94. The van der Waals surface area contributed by atoms with Gasteiger partial charge in [-0.05, 0) is 48.9 Å². The fourth-order valence-corrected chi connectivity index (χ4v) is 3.21. The van der Waals surface area contributed by atoms with E-state index in [9.17, 15) is 4.39 Å². The molecule has 1 aromatic carbocycles. The maximum atomic E-state index is 13.8. The fraction of sp³-hybridized carbons (Fsp3) is 0.600. The molecule has 2 rings (SSSR count). The summed E-state index contributed by atoms with van der Waals surface area (Å²) in [5.74, 6) is 6.02. The third-order valence-electron chi connectivity index (χ3n) is 4.13. The Morgan fingerprint density at radius 1 is 1.26 bits per heavy atom. The highest BCUT2D eigenvalue weighted by molar-refractivity contribution is 6.30. The second-order valence-electron chi connectivity index (χ2n) is 5.46. The molecule has 0 amide bonds. The molecule has 1 aromatic rings. The van der Waals surface area contributed by atoms with Crippen LogP contribution in [0.5, 0.6) is 0 Å². The van der Waals surface area contributed by atoms with Crippen molar-refractivity contribution in [1.29, 1.82) is 0 Å². The van der Waals surface area contributed by atoms with Crippen LogP contribution in [0.1, 0.15) is 44.1 Å². The molecule has 1 unspecified atom stereocenters. The van der Waals surface area contributed by atoms with Crippen molar-refractivity contribution in [3.63, 3.8) is 0 Å². The molecule has 1 atom stereocenters. The molecule has 1 saturated carbocycles. The molecular formula is C15H22ClFN2. The lowest BCUT2D eigenvalue weighted by Crippen LogP contribution is -2.42. The van der Waals surface area contributed by atoms with Gasteiger partial charge in [-0.2, -0.15) is 0 Å². The Kier molecular flexibility index (Phi) is 5.61. The zero-order valence-electron chi connectivity index (χ0n) is 11.2. The van der Waals surface area contributed by atoms with Gasteiger partial charge in [0.15, 0.2) is 0 Å². The molecule has 0 spiro atoms. The van der Waals surface area contributed by atoms with E-state index in [0.29, 0.717) is 22.9 Å². The van der Waals surface area contributed by atoms with E-state index in [1.54, 1.807) is 12.1 Å². The van der Waals surface area contributed by atoms with Crippen LogP contribution in [0.2, 0.25) is 5.02 Å². The Bertz CT molecular complexity index is 403. The smallest absolute Gasteiger partial charge is 0.126 e. The molecule has 0 radical (unpaired) electrons. The number of benzene rings is 1. The van der Waals surface area contributed by atoms with Crippen LogP contribution in [0.4, 0.5) is 4.39 Å². The van der Waals surface area contributed by atoms with E-state index in [1.165, 1.54) is 44.6 Å². The fourth-order valence-electron chi connectivity index (χ4n) is 3.01. The summed E-state index contributed by atoms with van der Waals surface area (Å²) in [6, 6.07) is 4.85. The number of rotatable bonds is 4. The first-order chi connectivity index (χ1) is 9.20. The lowest BCUT2D eigenvalue weighted by Gasteiger charge is -2.25. The lowest BCUT2D eigenvalue weighted by molar-refractivity contribution is 0.318. The van der Waals surface area contributed by atoms with Crippen molar-refractivity contribution >= 4 is 11.6 Å². The largest absolute Gasteiger partial charge is 0.271 e. The average Bonchev–Trinajstić information content (AvgIpc) is 2.68. The van der Waals surface area contributed by atoms with Gasteiger partial charge in [0.05, 0.1) is 0 Å². The topological polar surface area (TPSA) is 38.0 Å². The molecular weight excluding hydrogens is 263 g/mol. The van der Waals surface area contributed by atoms with E-state index in [-0.39, 0.29) is 11.9 Å². The second-order valence-corrected chi connectivity index (χ2v) is 5.90. The predicted molar refractivity (Wildman–Crippen MR) is 77.4 cm³/mol. The van der Waals surface area contributed by atoms with E-state index in [4.69, 9.17) is 17.4 Å². The first-order valence-electron chi connectivity index (χ1n) is 7.10. The minimum atomic E-state index is -0.196. The maximum absolute atomic E-state index is 13.8. The number of hydrogen-bond acceptors (Lipinski definition) is 2. The molecule has 1 aliphatic rings. The van der Waals surface area contributed by atoms with Gasteiger partial charge in [0, 0.05) is 11.1 Å². The minimum absolute atomic E-state index is 0.131. The van der Waals surface area contributed by atoms with Gasteiger partial charge in [-0.15, -0.1) is 0 Å². The van der Waals surface area contributed by atoms with Crippen LogP contribution in [-0.4, -0.2) is 6.04 Å². The van der Waals surface area contributed by atoms with Crippen LogP contribution in [0.3, 0.4) is 0 Å². The van der Waals surface area contributed by atoms with Crippen LogP contribution >= 0.6 is 11.6 Å². The first kappa shape index (κ1) is 14.8. The van der Waals surface area contributed by atoms with E-state index in [0.717, 1.165) is 0 Å². The quantitative estimate of drug-likeness (QED) is 0.501. The molecule has 0 aromatic heterocycles. The highest BCUT2D eigenvalue weighted by Crippen LogP contribution is 2.28. The van der Waals surface area contributed by atoms with Crippen LogP contribution in [0.25, 0.3) is 0 Å². The van der Waals surface area contributed by atoms with Crippen molar-refractivity contribution in [2.45, 2.75) is 51.0 Å². The molecule has 0 saturated heterocycles. The number of nitrogens with two attached hydrogens (primary N) is 1. The SMILES string of the molecule is NNC(Cc1cc(Cl)ccc1F)C1CCCCCC1. The highest BCUT2D eigenvalue weighted by atomic mass is 35.5. The molecule has 19 heavy (non-hydrogen) atoms. The molecule has 3 N–H and O–H groups in total. The second kappa shape index (κ2) is 7.22. The van der Waals surface area contributed by atoms with Gasteiger partial charge in [0.1, 0.15) is 5.82 Å². The van der Waals surface area contributed by atoms with Gasteiger partial charge >= 0.3 is 0 Å². The summed E-state index contributed by atoms with van der Waals surface area (Å²) in [5, 5.41) is 0.577. The van der Waals surface area contributed by atoms with Crippen LogP contribution in [-0.2, 0) is 6.42 Å². The summed E-state index contributed by atoms with van der Waals surface area (Å²) in [7, 11) is 0. The summed E-state index contributed by atoms with van der Waals surface area (Å²) in [6.07, 6.45) is 8.07. The van der Waals surface area contributed by atoms with Crippen molar-refractivity contribution in [3.8, 4) is 0 Å². The Balaban J connectivity index is 2.07. The number of nitrogens with one attached hydrogen (secondary N) is 1. The van der Waals surface area contributed by atoms with E-state index in [1.807, 2.05) is 0 Å². The molecule has 4 heteroatoms. The van der Waals surface area contributed by atoms with Crippen molar-refractivity contribution < 1.29 is 4.39 Å². The van der Waals surface area contributed by atoms with Gasteiger partial charge in [-0.3, -0.25) is 11.3 Å². The summed E-state index contributed by atoms with van der Waals surface area (Å²) in [4.78, 5) is 0. The molecule has 1 fully saturated rings. The first-order valence-corrected chi connectivity index (χ1v) is 7.48. The van der Waals surface area contributed by atoms with Gasteiger partial charge in [-0.25, -0.2) is 4.39 Å². The molecule has 0 heterocycles.